The van der Waals surface area contributed by atoms with E-state index in [1.807, 2.05) is 77.7 Å². The number of pyridine rings is 1. The third-order valence-electron chi connectivity index (χ3n) is 5.86. The van der Waals surface area contributed by atoms with Crippen LogP contribution < -0.4 is 4.74 Å². The molecule has 0 aliphatic carbocycles. The molecule has 0 N–H and O–H groups in total. The highest BCUT2D eigenvalue weighted by Crippen LogP contribution is 2.27. The highest BCUT2D eigenvalue weighted by molar-refractivity contribution is 5.94. The van der Waals surface area contributed by atoms with Gasteiger partial charge in [-0.2, -0.15) is 0 Å². The van der Waals surface area contributed by atoms with E-state index in [0.29, 0.717) is 13.1 Å². The van der Waals surface area contributed by atoms with Gasteiger partial charge in [-0.1, -0.05) is 60.7 Å². The topological polar surface area (TPSA) is 42.4 Å². The number of nitrogens with zero attached hydrogens (tertiary/aromatic N) is 2. The number of hydrogen-bond acceptors (Lipinski definition) is 3. The van der Waals surface area contributed by atoms with Crippen LogP contribution in [0.2, 0.25) is 0 Å². The van der Waals surface area contributed by atoms with Crippen LogP contribution in [-0.2, 0) is 0 Å². The predicted molar refractivity (Wildman–Crippen MR) is 123 cm³/mol. The number of hydrogen-bond donors (Lipinski definition) is 0. The summed E-state index contributed by atoms with van der Waals surface area (Å²) in [6.07, 6.45) is 3.52. The third-order valence-corrected chi connectivity index (χ3v) is 5.86. The SMILES string of the molecule is O=C(c1ccc(-c2ccccc2)cc1)N1CCC(Oc2cccc3cccnc23)CC1. The van der Waals surface area contributed by atoms with Crippen molar-refractivity contribution in [1.82, 2.24) is 9.88 Å². The minimum absolute atomic E-state index is 0.0879. The first kappa shape index (κ1) is 19.3. The Morgan fingerprint density at radius 3 is 2.29 bits per heavy atom. The van der Waals surface area contributed by atoms with Crippen molar-refractivity contribution in [2.45, 2.75) is 18.9 Å². The lowest BCUT2D eigenvalue weighted by Gasteiger charge is -2.32. The van der Waals surface area contributed by atoms with Gasteiger partial charge in [0.2, 0.25) is 0 Å². The first-order chi connectivity index (χ1) is 15.3. The van der Waals surface area contributed by atoms with Crippen molar-refractivity contribution in [3.63, 3.8) is 0 Å². The summed E-state index contributed by atoms with van der Waals surface area (Å²) in [5.41, 5.74) is 3.90. The molecule has 4 heteroatoms. The van der Waals surface area contributed by atoms with Gasteiger partial charge in [-0.05, 0) is 35.4 Å². The molecular formula is C27H24N2O2. The molecule has 3 aromatic carbocycles. The van der Waals surface area contributed by atoms with E-state index in [4.69, 9.17) is 4.74 Å². The van der Waals surface area contributed by atoms with Crippen LogP contribution in [-0.4, -0.2) is 35.0 Å². The first-order valence-electron chi connectivity index (χ1n) is 10.7. The molecule has 2 heterocycles. The van der Waals surface area contributed by atoms with Gasteiger partial charge in [0.05, 0.1) is 0 Å². The molecule has 0 radical (unpaired) electrons. The van der Waals surface area contributed by atoms with Crippen molar-refractivity contribution in [3.8, 4) is 16.9 Å². The molecule has 154 valence electrons. The number of benzene rings is 3. The number of carbonyl (C=O) groups excluding carboxylic acids is 1. The minimum Gasteiger partial charge on any atom is -0.488 e. The summed E-state index contributed by atoms with van der Waals surface area (Å²) in [6, 6.07) is 28.1. The summed E-state index contributed by atoms with van der Waals surface area (Å²) < 4.78 is 6.27. The fourth-order valence-electron chi connectivity index (χ4n) is 4.15. The molecule has 1 aromatic heterocycles. The Labute approximate surface area is 182 Å². The molecule has 1 aliphatic rings. The lowest BCUT2D eigenvalue weighted by molar-refractivity contribution is 0.0597. The molecule has 1 fully saturated rings. The zero-order chi connectivity index (χ0) is 21.0. The van der Waals surface area contributed by atoms with Crippen LogP contribution in [0.3, 0.4) is 0 Å². The quantitative estimate of drug-likeness (QED) is 0.442. The van der Waals surface area contributed by atoms with E-state index in [9.17, 15) is 4.79 Å². The zero-order valence-corrected chi connectivity index (χ0v) is 17.3. The number of rotatable bonds is 4. The lowest BCUT2D eigenvalue weighted by Crippen LogP contribution is -2.41. The molecule has 0 atom stereocenters. The van der Waals surface area contributed by atoms with E-state index in [0.717, 1.165) is 46.2 Å². The summed E-state index contributed by atoms with van der Waals surface area (Å²) in [4.78, 5) is 19.4. The number of aromatic nitrogens is 1. The van der Waals surface area contributed by atoms with Crippen LogP contribution in [0.15, 0.2) is 91.1 Å². The zero-order valence-electron chi connectivity index (χ0n) is 17.3. The molecule has 0 saturated carbocycles. The summed E-state index contributed by atoms with van der Waals surface area (Å²) in [5.74, 6) is 0.907. The van der Waals surface area contributed by atoms with Gasteiger partial charge in [-0.3, -0.25) is 9.78 Å². The Kier molecular flexibility index (Phi) is 5.36. The fraction of sp³-hybridized carbons (Fsp3) is 0.185. The normalized spacial score (nSPS) is 14.5. The standard InChI is InChI=1S/C27H24N2O2/c30-27(23-13-11-21(12-14-23)20-6-2-1-3-7-20)29-18-15-24(16-19-29)31-25-10-4-8-22-9-5-17-28-26(22)25/h1-14,17,24H,15-16,18-19H2. The van der Waals surface area contributed by atoms with E-state index < -0.39 is 0 Å². The van der Waals surface area contributed by atoms with Crippen LogP contribution in [0.5, 0.6) is 5.75 Å². The molecule has 4 nitrogen and oxygen atoms in total. The van der Waals surface area contributed by atoms with Gasteiger partial charge in [-0.25, -0.2) is 0 Å². The second-order valence-electron chi connectivity index (χ2n) is 7.88. The third kappa shape index (κ3) is 4.15. The number of amides is 1. The summed E-state index contributed by atoms with van der Waals surface area (Å²) in [6.45, 7) is 1.39. The van der Waals surface area contributed by atoms with Crippen molar-refractivity contribution < 1.29 is 9.53 Å². The molecule has 31 heavy (non-hydrogen) atoms. The van der Waals surface area contributed by atoms with Gasteiger partial charge in [0.15, 0.2) is 0 Å². The molecule has 5 rings (SSSR count). The Morgan fingerprint density at radius 1 is 0.806 bits per heavy atom. The van der Waals surface area contributed by atoms with E-state index in [2.05, 4.69) is 17.1 Å². The van der Waals surface area contributed by atoms with E-state index in [-0.39, 0.29) is 12.0 Å². The van der Waals surface area contributed by atoms with Crippen LogP contribution in [0.25, 0.3) is 22.0 Å². The maximum absolute atomic E-state index is 13.0. The highest BCUT2D eigenvalue weighted by Gasteiger charge is 2.25. The summed E-state index contributed by atoms with van der Waals surface area (Å²) in [7, 11) is 0. The molecule has 0 bridgehead atoms. The number of carbonyl (C=O) groups is 1. The van der Waals surface area contributed by atoms with Crippen molar-refractivity contribution in [2.75, 3.05) is 13.1 Å². The number of ether oxygens (including phenoxy) is 1. The minimum atomic E-state index is 0.0879. The van der Waals surface area contributed by atoms with Gasteiger partial charge in [0.1, 0.15) is 17.4 Å². The molecule has 1 amide bonds. The average molecular weight is 409 g/mol. The van der Waals surface area contributed by atoms with Crippen molar-refractivity contribution >= 4 is 16.8 Å². The Balaban J connectivity index is 1.22. The molecule has 4 aromatic rings. The summed E-state index contributed by atoms with van der Waals surface area (Å²) >= 11 is 0. The van der Waals surface area contributed by atoms with Crippen LogP contribution in [0, 0.1) is 0 Å². The second kappa shape index (κ2) is 8.60. The van der Waals surface area contributed by atoms with Gasteiger partial charge in [0, 0.05) is 43.1 Å². The number of para-hydroxylation sites is 1. The average Bonchev–Trinajstić information content (AvgIpc) is 2.85. The Morgan fingerprint density at radius 2 is 1.52 bits per heavy atom. The van der Waals surface area contributed by atoms with E-state index >= 15 is 0 Å². The van der Waals surface area contributed by atoms with Gasteiger partial charge < -0.3 is 9.64 Å². The van der Waals surface area contributed by atoms with Crippen LogP contribution in [0.1, 0.15) is 23.2 Å². The summed E-state index contributed by atoms with van der Waals surface area (Å²) in [5, 5.41) is 1.08. The number of likely N-dealkylation sites (tertiary alicyclic amines) is 1. The molecule has 0 unspecified atom stereocenters. The lowest BCUT2D eigenvalue weighted by atomic mass is 10.0. The van der Waals surface area contributed by atoms with Gasteiger partial charge in [0.25, 0.3) is 5.91 Å². The van der Waals surface area contributed by atoms with E-state index in [1.165, 1.54) is 0 Å². The largest absolute Gasteiger partial charge is 0.488 e. The molecular weight excluding hydrogens is 384 g/mol. The predicted octanol–water partition coefficient (Wildman–Crippen LogP) is 5.59. The van der Waals surface area contributed by atoms with Crippen molar-refractivity contribution in [1.29, 1.82) is 0 Å². The van der Waals surface area contributed by atoms with Crippen molar-refractivity contribution in [3.05, 3.63) is 96.7 Å². The van der Waals surface area contributed by atoms with Crippen LogP contribution in [0.4, 0.5) is 0 Å². The van der Waals surface area contributed by atoms with Gasteiger partial charge >= 0.3 is 0 Å². The number of fused-ring (bicyclic) bond motifs is 1. The fourth-order valence-corrected chi connectivity index (χ4v) is 4.15. The number of piperidine rings is 1. The highest BCUT2D eigenvalue weighted by atomic mass is 16.5. The van der Waals surface area contributed by atoms with Crippen LogP contribution >= 0.6 is 0 Å². The van der Waals surface area contributed by atoms with E-state index in [1.54, 1.807) is 6.20 Å². The second-order valence-corrected chi connectivity index (χ2v) is 7.88. The first-order valence-corrected chi connectivity index (χ1v) is 10.7. The molecule has 0 spiro atoms. The Bertz CT molecular complexity index is 1180. The Hall–Kier alpha value is -3.66. The maximum Gasteiger partial charge on any atom is 0.253 e. The monoisotopic (exact) mass is 408 g/mol. The van der Waals surface area contributed by atoms with Gasteiger partial charge in [-0.15, -0.1) is 0 Å². The van der Waals surface area contributed by atoms with Crippen molar-refractivity contribution in [2.24, 2.45) is 0 Å². The maximum atomic E-state index is 13.0. The molecule has 1 aliphatic heterocycles. The molecule has 1 saturated heterocycles. The smallest absolute Gasteiger partial charge is 0.253 e.